The number of benzene rings is 1. The van der Waals surface area contributed by atoms with Crippen molar-refractivity contribution in [2.45, 2.75) is 31.6 Å². The van der Waals surface area contributed by atoms with E-state index in [1.807, 2.05) is 6.07 Å². The maximum Gasteiger partial charge on any atom is 0.358 e. The Hall–Kier alpha value is -4.62. The summed E-state index contributed by atoms with van der Waals surface area (Å²) in [6.07, 6.45) is -1.24. The third kappa shape index (κ3) is 6.00. The topological polar surface area (TPSA) is 207 Å². The first kappa shape index (κ1) is 28.4. The largest absolute Gasteiger partial charge is 0.489 e. The normalized spacial score (nSPS) is 19.1. The Morgan fingerprint density at radius 2 is 2.15 bits per heavy atom. The highest BCUT2D eigenvalue weighted by atomic mass is 32.2. The number of hydrogen-bond donors (Lipinski definition) is 3. The number of thioether (sulfide) groups is 1. The van der Waals surface area contributed by atoms with Gasteiger partial charge in [0.25, 0.3) is 11.8 Å². The summed E-state index contributed by atoms with van der Waals surface area (Å²) in [6.45, 7) is 2.39. The van der Waals surface area contributed by atoms with E-state index in [9.17, 15) is 24.4 Å². The number of ether oxygens (including phenoxy) is 3. The van der Waals surface area contributed by atoms with Gasteiger partial charge in [-0.25, -0.2) is 9.78 Å². The lowest BCUT2D eigenvalue weighted by atomic mass is 10.0. The molecule has 16 heteroatoms. The lowest BCUT2D eigenvalue weighted by molar-refractivity contribution is -0.182. The Morgan fingerprint density at radius 1 is 1.38 bits per heavy atom. The smallest absolute Gasteiger partial charge is 0.358 e. The van der Waals surface area contributed by atoms with Gasteiger partial charge in [0.2, 0.25) is 6.29 Å². The van der Waals surface area contributed by atoms with Crippen molar-refractivity contribution in [3.05, 3.63) is 52.2 Å². The van der Waals surface area contributed by atoms with Crippen molar-refractivity contribution in [2.75, 3.05) is 18.1 Å². The molecular formula is C24H22N6O8S2. The second-order valence-corrected chi connectivity index (χ2v) is 10.3. The molecule has 2 amide bonds. The molecule has 14 nitrogen and oxygen atoms in total. The van der Waals surface area contributed by atoms with Gasteiger partial charge in [0.05, 0.1) is 11.6 Å². The number of nitrogens with one attached hydrogen (secondary N) is 1. The van der Waals surface area contributed by atoms with E-state index in [1.165, 1.54) is 35.0 Å². The number of carbonyl (C=O) groups excluding carboxylic acids is 4. The van der Waals surface area contributed by atoms with Crippen molar-refractivity contribution in [1.29, 1.82) is 5.26 Å². The summed E-state index contributed by atoms with van der Waals surface area (Å²) < 4.78 is 15.9. The van der Waals surface area contributed by atoms with Crippen molar-refractivity contribution in [3.63, 3.8) is 0 Å². The molecule has 1 aromatic heterocycles. The molecule has 0 aliphatic carbocycles. The van der Waals surface area contributed by atoms with Gasteiger partial charge < -0.3 is 30.5 Å². The summed E-state index contributed by atoms with van der Waals surface area (Å²) in [5.74, 6) is -2.51. The molecule has 1 aromatic carbocycles. The molecule has 3 heterocycles. The summed E-state index contributed by atoms with van der Waals surface area (Å²) in [5, 5.41) is 24.9. The molecule has 0 bridgehead atoms. The Kier molecular flexibility index (Phi) is 8.55. The SMILES string of the molecule is CC(=O)OC(C)OC(=O)C1=C(COc2cccc(C#N)c2)CS[C@@H]2C(NC(=O)/C(=N\O)c3csc(N)n3)C(=O)N12. The highest BCUT2D eigenvalue weighted by Crippen LogP contribution is 2.41. The molecule has 2 aliphatic rings. The van der Waals surface area contributed by atoms with Gasteiger partial charge in [-0.1, -0.05) is 11.2 Å². The second kappa shape index (κ2) is 12.1. The van der Waals surface area contributed by atoms with Crippen molar-refractivity contribution in [2.24, 2.45) is 5.16 Å². The van der Waals surface area contributed by atoms with E-state index < -0.39 is 47.2 Å². The van der Waals surface area contributed by atoms with E-state index in [0.717, 1.165) is 18.3 Å². The minimum Gasteiger partial charge on any atom is -0.489 e. The van der Waals surface area contributed by atoms with E-state index in [0.29, 0.717) is 16.9 Å². The van der Waals surface area contributed by atoms with Gasteiger partial charge in [-0.2, -0.15) is 5.26 Å². The fraction of sp³-hybridized carbons (Fsp3) is 0.292. The third-order valence-electron chi connectivity index (χ3n) is 5.59. The van der Waals surface area contributed by atoms with Crippen LogP contribution in [0.3, 0.4) is 0 Å². The second-order valence-electron chi connectivity index (χ2n) is 8.34. The van der Waals surface area contributed by atoms with Gasteiger partial charge in [0.15, 0.2) is 10.8 Å². The van der Waals surface area contributed by atoms with Gasteiger partial charge in [-0.15, -0.1) is 23.1 Å². The first-order valence-electron chi connectivity index (χ1n) is 11.5. The van der Waals surface area contributed by atoms with Gasteiger partial charge >= 0.3 is 11.9 Å². The Morgan fingerprint density at radius 3 is 2.80 bits per heavy atom. The minimum atomic E-state index is -1.24. The molecule has 2 aliphatic heterocycles. The Labute approximate surface area is 235 Å². The Bertz CT molecular complexity index is 1470. The van der Waals surface area contributed by atoms with Crippen LogP contribution in [-0.2, 0) is 28.7 Å². The van der Waals surface area contributed by atoms with E-state index in [-0.39, 0.29) is 28.9 Å². The minimum absolute atomic E-state index is 0.0333. The van der Waals surface area contributed by atoms with Crippen LogP contribution in [0.15, 0.2) is 46.1 Å². The Balaban J connectivity index is 1.55. The van der Waals surface area contributed by atoms with Crippen LogP contribution in [0.4, 0.5) is 5.13 Å². The highest BCUT2D eigenvalue weighted by Gasteiger charge is 2.55. The van der Waals surface area contributed by atoms with E-state index in [1.54, 1.807) is 18.2 Å². The molecule has 1 saturated heterocycles. The monoisotopic (exact) mass is 586 g/mol. The number of aromatic nitrogens is 1. The number of amides is 2. The predicted molar refractivity (Wildman–Crippen MR) is 141 cm³/mol. The molecule has 3 atom stereocenters. The molecule has 0 spiro atoms. The molecule has 0 radical (unpaired) electrons. The number of fused-ring (bicyclic) bond motifs is 1. The molecule has 2 unspecified atom stereocenters. The number of anilines is 1. The molecule has 4 rings (SSSR count). The number of nitrogens with zero attached hydrogens (tertiary/aromatic N) is 4. The van der Waals surface area contributed by atoms with E-state index >= 15 is 0 Å². The van der Waals surface area contributed by atoms with Crippen molar-refractivity contribution in [3.8, 4) is 11.8 Å². The number of oxime groups is 1. The summed E-state index contributed by atoms with van der Waals surface area (Å²) >= 11 is 2.30. The average molecular weight is 587 g/mol. The lowest BCUT2D eigenvalue weighted by Gasteiger charge is -2.49. The van der Waals surface area contributed by atoms with Crippen LogP contribution in [0.1, 0.15) is 25.1 Å². The van der Waals surface area contributed by atoms with Crippen molar-refractivity contribution >= 4 is 57.7 Å². The van der Waals surface area contributed by atoms with Crippen LogP contribution >= 0.6 is 23.1 Å². The number of rotatable bonds is 9. The van der Waals surface area contributed by atoms with Crippen molar-refractivity contribution < 1.29 is 38.6 Å². The molecular weight excluding hydrogens is 564 g/mol. The standard InChI is InChI=1S/C24H22N6O8S2/c1-11(31)37-12(2)38-23(34)19-14(8-36-15-5-3-4-13(6-15)7-25)9-39-22-18(21(33)30(19)22)28-20(32)17(29-35)16-10-40-24(26)27-16/h3-6,10,12,18,22,35H,8-9H2,1-2H3,(H2,26,27)(H,28,32)/b29-17-/t12?,18?,22-/m1/s1. The number of nitrogens with two attached hydrogens (primary N) is 1. The van der Waals surface area contributed by atoms with Crippen LogP contribution in [-0.4, -0.2) is 74.6 Å². The number of carbonyl (C=O) groups is 4. The van der Waals surface area contributed by atoms with Crippen LogP contribution < -0.4 is 15.8 Å². The van der Waals surface area contributed by atoms with E-state index in [4.69, 9.17) is 25.2 Å². The zero-order valence-electron chi connectivity index (χ0n) is 21.0. The number of nitriles is 1. The number of thiazole rings is 1. The first-order valence-corrected chi connectivity index (χ1v) is 13.5. The average Bonchev–Trinajstić information content (AvgIpc) is 3.35. The molecule has 4 N–H and O–H groups in total. The molecule has 0 saturated carbocycles. The van der Waals surface area contributed by atoms with Gasteiger partial charge in [0, 0.05) is 30.6 Å². The van der Waals surface area contributed by atoms with Gasteiger partial charge in [-0.3, -0.25) is 19.3 Å². The zero-order valence-corrected chi connectivity index (χ0v) is 22.7. The summed E-state index contributed by atoms with van der Waals surface area (Å²) in [7, 11) is 0. The molecule has 1 fully saturated rings. The van der Waals surface area contributed by atoms with Crippen LogP contribution in [0.2, 0.25) is 0 Å². The fourth-order valence-corrected chi connectivity index (χ4v) is 5.77. The third-order valence-corrected chi connectivity index (χ3v) is 7.60. The number of nitrogen functional groups attached to an aromatic ring is 1. The number of hydrogen-bond acceptors (Lipinski definition) is 14. The molecule has 2 aromatic rings. The summed E-state index contributed by atoms with van der Waals surface area (Å²) in [5.41, 5.74) is 5.85. The van der Waals surface area contributed by atoms with Gasteiger partial charge in [0.1, 0.15) is 35.2 Å². The van der Waals surface area contributed by atoms with E-state index in [2.05, 4.69) is 15.5 Å². The molecule has 40 heavy (non-hydrogen) atoms. The van der Waals surface area contributed by atoms with Crippen LogP contribution in [0.25, 0.3) is 0 Å². The van der Waals surface area contributed by atoms with Gasteiger partial charge in [-0.05, 0) is 18.2 Å². The zero-order chi connectivity index (χ0) is 29.0. The summed E-state index contributed by atoms with van der Waals surface area (Å²) in [6, 6.07) is 7.35. The maximum atomic E-state index is 13.2. The lowest BCUT2D eigenvalue weighted by Crippen LogP contribution is -2.71. The maximum absolute atomic E-state index is 13.2. The quantitative estimate of drug-likeness (QED) is 0.0938. The highest BCUT2D eigenvalue weighted by molar-refractivity contribution is 8.00. The molecule has 208 valence electrons. The number of β-lactam (4-membered cyclic amide) rings is 1. The fourth-order valence-electron chi connectivity index (χ4n) is 3.89. The first-order chi connectivity index (χ1) is 19.1. The van der Waals surface area contributed by atoms with Crippen molar-refractivity contribution in [1.82, 2.24) is 15.2 Å². The number of esters is 2. The summed E-state index contributed by atoms with van der Waals surface area (Å²) in [4.78, 5) is 55.6. The predicted octanol–water partition coefficient (Wildman–Crippen LogP) is 0.961. The van der Waals surface area contributed by atoms with Crippen LogP contribution in [0, 0.1) is 11.3 Å². The van der Waals surface area contributed by atoms with Crippen LogP contribution in [0.5, 0.6) is 5.75 Å².